The van der Waals surface area contributed by atoms with Gasteiger partial charge in [-0.3, -0.25) is 4.79 Å². The van der Waals surface area contributed by atoms with Gasteiger partial charge in [0.1, 0.15) is 6.10 Å². The normalized spacial score (nSPS) is 12.2. The van der Waals surface area contributed by atoms with Crippen molar-refractivity contribution < 1.29 is 14.0 Å². The smallest absolute Gasteiger partial charge is 0.305 e. The predicted octanol–water partition coefficient (Wildman–Crippen LogP) is 3.60. The summed E-state index contributed by atoms with van der Waals surface area (Å²) in [6.45, 7) is 8.58. The van der Waals surface area contributed by atoms with E-state index < -0.39 is 8.32 Å². The van der Waals surface area contributed by atoms with Crippen molar-refractivity contribution in [3.8, 4) is 11.8 Å². The van der Waals surface area contributed by atoms with Crippen molar-refractivity contribution in [2.75, 3.05) is 6.61 Å². The van der Waals surface area contributed by atoms with Gasteiger partial charge in [-0.05, 0) is 45.1 Å². The summed E-state index contributed by atoms with van der Waals surface area (Å²) in [6, 6.07) is 9.80. The van der Waals surface area contributed by atoms with E-state index in [0.29, 0.717) is 19.4 Å². The van der Waals surface area contributed by atoms with Crippen molar-refractivity contribution in [2.45, 2.75) is 45.5 Å². The standard InChI is InChI=1S/C17H24O3Si/c1-5-19-17(18)14-13-16(20-21(2,3)4)12-11-15-9-7-6-8-10-15/h6-10,16H,5,13-14H2,1-4H3/t16-/m0/s1. The van der Waals surface area contributed by atoms with Gasteiger partial charge in [0.2, 0.25) is 0 Å². The third-order valence-electron chi connectivity index (χ3n) is 2.56. The van der Waals surface area contributed by atoms with Gasteiger partial charge in [-0.2, -0.15) is 0 Å². The average Bonchev–Trinajstić information content (AvgIpc) is 2.42. The molecule has 1 aromatic rings. The third kappa shape index (κ3) is 8.33. The minimum absolute atomic E-state index is 0.191. The third-order valence-corrected chi connectivity index (χ3v) is 3.55. The Hall–Kier alpha value is -1.57. The van der Waals surface area contributed by atoms with E-state index in [-0.39, 0.29) is 12.1 Å². The number of ether oxygens (including phenoxy) is 1. The highest BCUT2D eigenvalue weighted by Crippen LogP contribution is 2.12. The van der Waals surface area contributed by atoms with Crippen LogP contribution in [0.4, 0.5) is 0 Å². The Kier molecular flexibility index (Phi) is 7.20. The first-order valence-electron chi connectivity index (χ1n) is 7.31. The summed E-state index contributed by atoms with van der Waals surface area (Å²) in [6.07, 6.45) is 0.691. The van der Waals surface area contributed by atoms with Gasteiger partial charge in [-0.25, -0.2) is 0 Å². The average molecular weight is 304 g/mol. The molecule has 0 aromatic heterocycles. The van der Waals surface area contributed by atoms with E-state index in [2.05, 4.69) is 31.5 Å². The van der Waals surface area contributed by atoms with Crippen molar-refractivity contribution in [1.82, 2.24) is 0 Å². The fourth-order valence-corrected chi connectivity index (χ4v) is 2.79. The highest BCUT2D eigenvalue weighted by Gasteiger charge is 2.20. The molecule has 0 spiro atoms. The number of hydrogen-bond donors (Lipinski definition) is 0. The van der Waals surface area contributed by atoms with Gasteiger partial charge in [0.15, 0.2) is 8.32 Å². The highest BCUT2D eigenvalue weighted by atomic mass is 28.4. The summed E-state index contributed by atoms with van der Waals surface area (Å²) < 4.78 is 11.0. The van der Waals surface area contributed by atoms with Gasteiger partial charge in [0.25, 0.3) is 0 Å². The first kappa shape index (κ1) is 17.5. The lowest BCUT2D eigenvalue weighted by atomic mass is 10.1. The minimum Gasteiger partial charge on any atom is -0.466 e. The van der Waals surface area contributed by atoms with Gasteiger partial charge >= 0.3 is 5.97 Å². The molecule has 0 aliphatic rings. The van der Waals surface area contributed by atoms with Crippen LogP contribution in [0.25, 0.3) is 0 Å². The molecule has 0 N–H and O–H groups in total. The monoisotopic (exact) mass is 304 g/mol. The van der Waals surface area contributed by atoms with E-state index >= 15 is 0 Å². The number of benzene rings is 1. The number of hydrogen-bond acceptors (Lipinski definition) is 3. The first-order valence-corrected chi connectivity index (χ1v) is 10.7. The van der Waals surface area contributed by atoms with Crippen LogP contribution in [-0.2, 0) is 14.0 Å². The van der Waals surface area contributed by atoms with E-state index in [0.717, 1.165) is 5.56 Å². The molecule has 0 bridgehead atoms. The molecule has 1 rings (SSSR count). The molecule has 0 radical (unpaired) electrons. The fraction of sp³-hybridized carbons (Fsp3) is 0.471. The zero-order valence-corrected chi connectivity index (χ0v) is 14.3. The molecule has 0 saturated carbocycles. The molecule has 1 atom stereocenters. The van der Waals surface area contributed by atoms with Crippen LogP contribution < -0.4 is 0 Å². The van der Waals surface area contributed by atoms with E-state index in [9.17, 15) is 4.79 Å². The summed E-state index contributed by atoms with van der Waals surface area (Å²) >= 11 is 0. The van der Waals surface area contributed by atoms with Crippen LogP contribution in [0.3, 0.4) is 0 Å². The molecule has 0 fully saturated rings. The summed E-state index contributed by atoms with van der Waals surface area (Å²) in [4.78, 5) is 11.5. The molecule has 114 valence electrons. The number of carbonyl (C=O) groups excluding carboxylic acids is 1. The van der Waals surface area contributed by atoms with Gasteiger partial charge in [-0.15, -0.1) is 0 Å². The minimum atomic E-state index is -1.70. The summed E-state index contributed by atoms with van der Waals surface area (Å²) in [5.74, 6) is 6.07. The van der Waals surface area contributed by atoms with Gasteiger partial charge in [0.05, 0.1) is 6.61 Å². The Morgan fingerprint density at radius 3 is 2.48 bits per heavy atom. The van der Waals surface area contributed by atoms with Gasteiger partial charge in [0, 0.05) is 12.0 Å². The molecule has 3 nitrogen and oxygen atoms in total. The quantitative estimate of drug-likeness (QED) is 0.457. The summed E-state index contributed by atoms with van der Waals surface area (Å²) in [7, 11) is -1.70. The van der Waals surface area contributed by atoms with Crippen LogP contribution in [0.5, 0.6) is 0 Å². The SMILES string of the molecule is CCOC(=O)CC[C@H](C#Cc1ccccc1)O[Si](C)(C)C. The molecule has 0 heterocycles. The number of rotatable bonds is 6. The van der Waals surface area contributed by atoms with E-state index in [4.69, 9.17) is 9.16 Å². The zero-order valence-electron chi connectivity index (χ0n) is 13.3. The van der Waals surface area contributed by atoms with Crippen molar-refractivity contribution in [3.63, 3.8) is 0 Å². The summed E-state index contributed by atoms with van der Waals surface area (Å²) in [5.41, 5.74) is 0.956. The van der Waals surface area contributed by atoms with Gasteiger partial charge in [-0.1, -0.05) is 30.0 Å². The van der Waals surface area contributed by atoms with Crippen molar-refractivity contribution in [2.24, 2.45) is 0 Å². The second-order valence-electron chi connectivity index (χ2n) is 5.70. The molecule has 0 unspecified atom stereocenters. The highest BCUT2D eigenvalue weighted by molar-refractivity contribution is 6.69. The van der Waals surface area contributed by atoms with E-state index in [1.807, 2.05) is 37.3 Å². The predicted molar refractivity (Wildman–Crippen MR) is 87.4 cm³/mol. The topological polar surface area (TPSA) is 35.5 Å². The van der Waals surface area contributed by atoms with Crippen LogP contribution in [0.1, 0.15) is 25.3 Å². The molecule has 21 heavy (non-hydrogen) atoms. The lowest BCUT2D eigenvalue weighted by Gasteiger charge is -2.22. The number of carbonyl (C=O) groups is 1. The molecular weight excluding hydrogens is 280 g/mol. The van der Waals surface area contributed by atoms with Crippen LogP contribution >= 0.6 is 0 Å². The maximum absolute atomic E-state index is 11.5. The molecule has 0 aliphatic heterocycles. The molecule has 0 amide bonds. The Labute approximate surface area is 128 Å². The van der Waals surface area contributed by atoms with Crippen LogP contribution in [0.15, 0.2) is 30.3 Å². The molecule has 1 aromatic carbocycles. The van der Waals surface area contributed by atoms with Crippen LogP contribution in [0.2, 0.25) is 19.6 Å². The Morgan fingerprint density at radius 1 is 1.24 bits per heavy atom. The van der Waals surface area contributed by atoms with Crippen molar-refractivity contribution in [3.05, 3.63) is 35.9 Å². The maximum atomic E-state index is 11.5. The molecule has 0 aliphatic carbocycles. The second kappa shape index (κ2) is 8.66. The molecular formula is C17H24O3Si. The van der Waals surface area contributed by atoms with Crippen LogP contribution in [0, 0.1) is 11.8 Å². The Morgan fingerprint density at radius 2 is 1.90 bits per heavy atom. The lowest BCUT2D eigenvalue weighted by Crippen LogP contribution is -2.31. The van der Waals surface area contributed by atoms with Crippen molar-refractivity contribution in [1.29, 1.82) is 0 Å². The fourth-order valence-electron chi connectivity index (χ4n) is 1.75. The maximum Gasteiger partial charge on any atom is 0.305 e. The van der Waals surface area contributed by atoms with Crippen LogP contribution in [-0.4, -0.2) is 27.0 Å². The largest absolute Gasteiger partial charge is 0.466 e. The lowest BCUT2D eigenvalue weighted by molar-refractivity contribution is -0.143. The zero-order chi connectivity index (χ0) is 15.7. The van der Waals surface area contributed by atoms with Crippen molar-refractivity contribution >= 4 is 14.3 Å². The molecule has 4 heteroatoms. The summed E-state index contributed by atoms with van der Waals surface area (Å²) in [5, 5.41) is 0. The number of esters is 1. The second-order valence-corrected chi connectivity index (χ2v) is 10.2. The van der Waals surface area contributed by atoms with Gasteiger partial charge < -0.3 is 9.16 Å². The Bertz CT molecular complexity index is 494. The Balaban J connectivity index is 2.69. The first-order chi connectivity index (χ1) is 9.90. The molecule has 0 saturated heterocycles. The van der Waals surface area contributed by atoms with E-state index in [1.54, 1.807) is 0 Å². The van der Waals surface area contributed by atoms with E-state index in [1.165, 1.54) is 0 Å².